The average molecular weight is 354 g/mol. The molecule has 26 heavy (non-hydrogen) atoms. The molecule has 7 heteroatoms. The number of urea groups is 1. The first-order valence-corrected chi connectivity index (χ1v) is 8.04. The Hall–Kier alpha value is -3.35. The lowest BCUT2D eigenvalue weighted by molar-refractivity contribution is -0.139. The highest BCUT2D eigenvalue weighted by Crippen LogP contribution is 2.24. The Morgan fingerprint density at radius 2 is 1.65 bits per heavy atom. The molecule has 1 aliphatic heterocycles. The summed E-state index contributed by atoms with van der Waals surface area (Å²) in [4.78, 5) is 38.6. The van der Waals surface area contributed by atoms with E-state index in [1.807, 2.05) is 25.1 Å². The van der Waals surface area contributed by atoms with Crippen molar-refractivity contribution in [2.24, 2.45) is 0 Å². The van der Waals surface area contributed by atoms with E-state index in [-0.39, 0.29) is 13.2 Å². The topological polar surface area (TPSA) is 76.2 Å². The first kappa shape index (κ1) is 17.5. The van der Waals surface area contributed by atoms with E-state index in [4.69, 9.17) is 9.47 Å². The Morgan fingerprint density at radius 1 is 0.923 bits per heavy atom. The van der Waals surface area contributed by atoms with Gasteiger partial charge in [-0.25, -0.2) is 9.69 Å². The zero-order valence-electron chi connectivity index (χ0n) is 14.5. The molecule has 2 aromatic rings. The number of carbonyl (C=O) groups is 3. The van der Waals surface area contributed by atoms with E-state index in [9.17, 15) is 14.4 Å². The standard InChI is InChI=1S/C19H18N2O5/c1-13-4-3-5-16(12-13)26-11-10-20-17(22)18(23)21(19(20)24)14-6-8-15(25-2)9-7-14/h3-9,12H,10-11H2,1-2H3. The lowest BCUT2D eigenvalue weighted by Gasteiger charge is -2.16. The van der Waals surface area contributed by atoms with E-state index < -0.39 is 17.8 Å². The van der Waals surface area contributed by atoms with Gasteiger partial charge >= 0.3 is 17.8 Å². The molecule has 1 heterocycles. The van der Waals surface area contributed by atoms with Crippen molar-refractivity contribution in [3.8, 4) is 11.5 Å². The number of anilines is 1. The van der Waals surface area contributed by atoms with E-state index in [0.717, 1.165) is 15.4 Å². The van der Waals surface area contributed by atoms with Gasteiger partial charge in [-0.2, -0.15) is 0 Å². The second kappa shape index (κ2) is 7.26. The van der Waals surface area contributed by atoms with Crippen LogP contribution in [0, 0.1) is 6.92 Å². The van der Waals surface area contributed by atoms with Crippen LogP contribution < -0.4 is 14.4 Å². The Kier molecular flexibility index (Phi) is 4.88. The van der Waals surface area contributed by atoms with Crippen LogP contribution in [-0.4, -0.2) is 43.0 Å². The van der Waals surface area contributed by atoms with Crippen molar-refractivity contribution in [3.63, 3.8) is 0 Å². The molecule has 134 valence electrons. The van der Waals surface area contributed by atoms with Gasteiger partial charge in [0.05, 0.1) is 19.3 Å². The summed E-state index contributed by atoms with van der Waals surface area (Å²) in [5.74, 6) is -0.514. The molecule has 1 saturated heterocycles. The maximum absolute atomic E-state index is 12.5. The summed E-state index contributed by atoms with van der Waals surface area (Å²) < 4.78 is 10.6. The maximum Gasteiger partial charge on any atom is 0.339 e. The summed E-state index contributed by atoms with van der Waals surface area (Å²) >= 11 is 0. The number of aryl methyl sites for hydroxylation is 1. The molecule has 0 radical (unpaired) electrons. The van der Waals surface area contributed by atoms with E-state index in [0.29, 0.717) is 17.2 Å². The monoisotopic (exact) mass is 354 g/mol. The van der Waals surface area contributed by atoms with Crippen LogP contribution in [0.3, 0.4) is 0 Å². The minimum atomic E-state index is -0.879. The molecule has 4 amide bonds. The van der Waals surface area contributed by atoms with Gasteiger partial charge in [0.2, 0.25) is 0 Å². The van der Waals surface area contributed by atoms with Crippen molar-refractivity contribution in [3.05, 3.63) is 54.1 Å². The molecule has 1 aliphatic rings. The van der Waals surface area contributed by atoms with Gasteiger partial charge in [-0.05, 0) is 48.9 Å². The predicted octanol–water partition coefficient (Wildman–Crippen LogP) is 2.38. The molecule has 0 saturated carbocycles. The highest BCUT2D eigenvalue weighted by molar-refractivity contribution is 6.52. The number of hydrogen-bond donors (Lipinski definition) is 0. The minimum absolute atomic E-state index is 0.00992. The lowest BCUT2D eigenvalue weighted by Crippen LogP contribution is -2.36. The molecule has 0 bridgehead atoms. The highest BCUT2D eigenvalue weighted by Gasteiger charge is 2.45. The lowest BCUT2D eigenvalue weighted by atomic mass is 10.2. The minimum Gasteiger partial charge on any atom is -0.497 e. The highest BCUT2D eigenvalue weighted by atomic mass is 16.5. The van der Waals surface area contributed by atoms with Gasteiger partial charge in [0.25, 0.3) is 0 Å². The molecule has 3 rings (SSSR count). The largest absolute Gasteiger partial charge is 0.497 e. The SMILES string of the molecule is COc1ccc(N2C(=O)C(=O)N(CCOc3cccc(C)c3)C2=O)cc1. The summed E-state index contributed by atoms with van der Waals surface area (Å²) in [6, 6.07) is 13.1. The van der Waals surface area contributed by atoms with Gasteiger partial charge in [-0.1, -0.05) is 12.1 Å². The van der Waals surface area contributed by atoms with E-state index in [1.54, 1.807) is 30.3 Å². The molecule has 1 fully saturated rings. The Labute approximate surface area is 150 Å². The normalized spacial score (nSPS) is 14.2. The van der Waals surface area contributed by atoms with Crippen molar-refractivity contribution in [2.45, 2.75) is 6.92 Å². The van der Waals surface area contributed by atoms with Gasteiger partial charge < -0.3 is 9.47 Å². The number of hydrogen-bond acceptors (Lipinski definition) is 5. The molecule has 0 N–H and O–H groups in total. The molecule has 7 nitrogen and oxygen atoms in total. The van der Waals surface area contributed by atoms with Crippen LogP contribution >= 0.6 is 0 Å². The molecule has 0 spiro atoms. The summed E-state index contributed by atoms with van der Waals surface area (Å²) in [5, 5.41) is 0. The molecule has 0 atom stereocenters. The van der Waals surface area contributed by atoms with Crippen molar-refractivity contribution in [1.29, 1.82) is 0 Å². The third kappa shape index (κ3) is 3.37. The zero-order chi connectivity index (χ0) is 18.7. The zero-order valence-corrected chi connectivity index (χ0v) is 14.5. The van der Waals surface area contributed by atoms with Gasteiger partial charge in [0.1, 0.15) is 18.1 Å². The predicted molar refractivity (Wildman–Crippen MR) is 94.3 cm³/mol. The van der Waals surface area contributed by atoms with Crippen molar-refractivity contribution >= 4 is 23.5 Å². The van der Waals surface area contributed by atoms with Crippen LogP contribution in [-0.2, 0) is 9.59 Å². The Balaban J connectivity index is 1.68. The quantitative estimate of drug-likeness (QED) is 0.588. The average Bonchev–Trinajstić information content (AvgIpc) is 2.85. The summed E-state index contributed by atoms with van der Waals surface area (Å²) in [7, 11) is 1.51. The number of carbonyl (C=O) groups excluding carboxylic acids is 3. The van der Waals surface area contributed by atoms with Crippen LogP contribution in [0.25, 0.3) is 0 Å². The van der Waals surface area contributed by atoms with Gasteiger partial charge in [0.15, 0.2) is 0 Å². The molecule has 0 aromatic heterocycles. The Bertz CT molecular complexity index is 847. The number of methoxy groups -OCH3 is 1. The number of imide groups is 2. The second-order valence-electron chi connectivity index (χ2n) is 5.74. The third-order valence-electron chi connectivity index (χ3n) is 3.96. The fraction of sp³-hybridized carbons (Fsp3) is 0.211. The fourth-order valence-electron chi connectivity index (χ4n) is 2.62. The van der Waals surface area contributed by atoms with Crippen LogP contribution in [0.4, 0.5) is 10.5 Å². The molecular weight excluding hydrogens is 336 g/mol. The number of amides is 4. The number of nitrogens with zero attached hydrogens (tertiary/aromatic N) is 2. The van der Waals surface area contributed by atoms with Gasteiger partial charge in [-0.15, -0.1) is 0 Å². The fourth-order valence-corrected chi connectivity index (χ4v) is 2.62. The summed E-state index contributed by atoms with van der Waals surface area (Å²) in [6.45, 7) is 2.03. The van der Waals surface area contributed by atoms with Crippen molar-refractivity contribution in [1.82, 2.24) is 4.90 Å². The summed E-state index contributed by atoms with van der Waals surface area (Å²) in [6.07, 6.45) is 0. The van der Waals surface area contributed by atoms with Crippen LogP contribution in [0.2, 0.25) is 0 Å². The first-order chi connectivity index (χ1) is 12.5. The van der Waals surface area contributed by atoms with Crippen LogP contribution in [0.15, 0.2) is 48.5 Å². The van der Waals surface area contributed by atoms with Crippen LogP contribution in [0.1, 0.15) is 5.56 Å². The second-order valence-corrected chi connectivity index (χ2v) is 5.74. The van der Waals surface area contributed by atoms with Crippen molar-refractivity contribution in [2.75, 3.05) is 25.2 Å². The third-order valence-corrected chi connectivity index (χ3v) is 3.96. The first-order valence-electron chi connectivity index (χ1n) is 8.04. The maximum atomic E-state index is 12.5. The molecule has 2 aromatic carbocycles. The molecule has 0 aliphatic carbocycles. The van der Waals surface area contributed by atoms with E-state index in [2.05, 4.69) is 0 Å². The van der Waals surface area contributed by atoms with Gasteiger partial charge in [-0.3, -0.25) is 14.5 Å². The summed E-state index contributed by atoms with van der Waals surface area (Å²) in [5.41, 5.74) is 1.35. The van der Waals surface area contributed by atoms with E-state index in [1.165, 1.54) is 7.11 Å². The number of ether oxygens (including phenoxy) is 2. The smallest absolute Gasteiger partial charge is 0.339 e. The number of rotatable bonds is 6. The molecular formula is C19H18N2O5. The van der Waals surface area contributed by atoms with E-state index >= 15 is 0 Å². The van der Waals surface area contributed by atoms with Crippen molar-refractivity contribution < 1.29 is 23.9 Å². The van der Waals surface area contributed by atoms with Gasteiger partial charge in [0, 0.05) is 0 Å². The van der Waals surface area contributed by atoms with Crippen LogP contribution in [0.5, 0.6) is 11.5 Å². The molecule has 0 unspecified atom stereocenters. The Morgan fingerprint density at radius 3 is 2.31 bits per heavy atom. The number of benzene rings is 2.